The highest BCUT2D eigenvalue weighted by molar-refractivity contribution is 6.33. The van der Waals surface area contributed by atoms with Crippen LogP contribution in [0.3, 0.4) is 0 Å². The first-order valence-corrected chi connectivity index (χ1v) is 8.35. The maximum absolute atomic E-state index is 13.7. The van der Waals surface area contributed by atoms with E-state index in [0.717, 1.165) is 12.8 Å². The molecule has 1 fully saturated rings. The molecule has 0 aliphatic carbocycles. The maximum atomic E-state index is 13.7. The highest BCUT2D eigenvalue weighted by Crippen LogP contribution is 2.25. The number of halogens is 3. The van der Waals surface area contributed by atoms with Crippen molar-refractivity contribution in [3.63, 3.8) is 0 Å². The van der Waals surface area contributed by atoms with Crippen molar-refractivity contribution < 1.29 is 13.6 Å². The van der Waals surface area contributed by atoms with Crippen LogP contribution in [-0.2, 0) is 6.42 Å². The predicted molar refractivity (Wildman–Crippen MR) is 86.9 cm³/mol. The Labute approximate surface area is 143 Å². The topological polar surface area (TPSA) is 49.0 Å². The molecule has 0 unspecified atom stereocenters. The van der Waals surface area contributed by atoms with E-state index in [0.29, 0.717) is 31.0 Å². The Morgan fingerprint density at radius 2 is 2.12 bits per heavy atom. The van der Waals surface area contributed by atoms with Crippen LogP contribution < -0.4 is 0 Å². The zero-order valence-electron chi connectivity index (χ0n) is 13.1. The Morgan fingerprint density at radius 3 is 2.79 bits per heavy atom. The van der Waals surface area contributed by atoms with Gasteiger partial charge < -0.3 is 4.90 Å². The van der Waals surface area contributed by atoms with Crippen LogP contribution in [0.25, 0.3) is 0 Å². The van der Waals surface area contributed by atoms with Gasteiger partial charge in [0.05, 0.1) is 11.2 Å². The molecule has 7 heteroatoms. The SMILES string of the molecule is O=C(c1[nH]ncc1Cl)N1CCC[C@@H](CCc2c(F)cccc2F)C1. The number of rotatable bonds is 4. The lowest BCUT2D eigenvalue weighted by molar-refractivity contribution is 0.0662. The van der Waals surface area contributed by atoms with E-state index in [-0.39, 0.29) is 23.1 Å². The third-order valence-corrected chi connectivity index (χ3v) is 4.76. The van der Waals surface area contributed by atoms with Crippen LogP contribution in [0.2, 0.25) is 5.02 Å². The van der Waals surface area contributed by atoms with E-state index >= 15 is 0 Å². The Morgan fingerprint density at radius 1 is 1.38 bits per heavy atom. The number of piperidine rings is 1. The van der Waals surface area contributed by atoms with Gasteiger partial charge in [-0.3, -0.25) is 9.89 Å². The number of carbonyl (C=O) groups is 1. The Balaban J connectivity index is 1.62. The number of hydrogen-bond acceptors (Lipinski definition) is 2. The molecule has 1 amide bonds. The van der Waals surface area contributed by atoms with Gasteiger partial charge >= 0.3 is 0 Å². The maximum Gasteiger partial charge on any atom is 0.273 e. The van der Waals surface area contributed by atoms with Gasteiger partial charge in [-0.25, -0.2) is 8.78 Å². The fourth-order valence-electron chi connectivity index (χ4n) is 3.18. The van der Waals surface area contributed by atoms with Gasteiger partial charge in [0, 0.05) is 18.7 Å². The predicted octanol–water partition coefficient (Wildman–Crippen LogP) is 3.83. The average Bonchev–Trinajstić information content (AvgIpc) is 3.00. The number of hydrogen-bond donors (Lipinski definition) is 1. The number of amides is 1. The van der Waals surface area contributed by atoms with Gasteiger partial charge in [0.1, 0.15) is 17.3 Å². The number of benzene rings is 1. The van der Waals surface area contributed by atoms with Crippen molar-refractivity contribution in [1.82, 2.24) is 15.1 Å². The highest BCUT2D eigenvalue weighted by Gasteiger charge is 2.26. The summed E-state index contributed by atoms with van der Waals surface area (Å²) in [6, 6.07) is 3.91. The molecule has 3 rings (SSSR count). The molecule has 1 aliphatic heterocycles. The molecule has 1 atom stereocenters. The van der Waals surface area contributed by atoms with Crippen LogP contribution >= 0.6 is 11.6 Å². The molecule has 0 bridgehead atoms. The molecular formula is C17H18ClF2N3O. The third kappa shape index (κ3) is 3.59. The number of nitrogens with one attached hydrogen (secondary N) is 1. The number of H-pyrrole nitrogens is 1. The van der Waals surface area contributed by atoms with E-state index in [1.807, 2.05) is 0 Å². The fraction of sp³-hybridized carbons (Fsp3) is 0.412. The lowest BCUT2D eigenvalue weighted by atomic mass is 9.91. The molecule has 2 heterocycles. The molecule has 1 aromatic carbocycles. The number of aromatic nitrogens is 2. The van der Waals surface area contributed by atoms with E-state index in [9.17, 15) is 13.6 Å². The molecule has 2 aromatic rings. The number of carbonyl (C=O) groups excluding carboxylic acids is 1. The van der Waals surface area contributed by atoms with Crippen molar-refractivity contribution in [1.29, 1.82) is 0 Å². The Kier molecular flexibility index (Phi) is 5.14. The molecule has 4 nitrogen and oxygen atoms in total. The van der Waals surface area contributed by atoms with Crippen LogP contribution in [0.4, 0.5) is 8.78 Å². The van der Waals surface area contributed by atoms with Gasteiger partial charge in [-0.15, -0.1) is 0 Å². The summed E-state index contributed by atoms with van der Waals surface area (Å²) < 4.78 is 27.4. The van der Waals surface area contributed by atoms with Gasteiger partial charge in [-0.1, -0.05) is 17.7 Å². The van der Waals surface area contributed by atoms with Crippen molar-refractivity contribution in [2.24, 2.45) is 5.92 Å². The smallest absolute Gasteiger partial charge is 0.273 e. The van der Waals surface area contributed by atoms with Crippen LogP contribution in [0.5, 0.6) is 0 Å². The third-order valence-electron chi connectivity index (χ3n) is 4.48. The van der Waals surface area contributed by atoms with Crippen molar-refractivity contribution in [2.45, 2.75) is 25.7 Å². The number of nitrogens with zero attached hydrogens (tertiary/aromatic N) is 2. The number of likely N-dealkylation sites (tertiary alicyclic amines) is 1. The minimum atomic E-state index is -0.511. The van der Waals surface area contributed by atoms with Crippen LogP contribution in [0, 0.1) is 17.6 Å². The fourth-order valence-corrected chi connectivity index (χ4v) is 3.36. The second-order valence-corrected chi connectivity index (χ2v) is 6.50. The highest BCUT2D eigenvalue weighted by atomic mass is 35.5. The Hall–Kier alpha value is -1.95. The minimum Gasteiger partial charge on any atom is -0.337 e. The molecule has 1 aromatic heterocycles. The minimum absolute atomic E-state index is 0.123. The standard InChI is InChI=1S/C17H18ClF2N3O/c18-13-9-21-22-16(13)17(24)23-8-2-3-11(10-23)6-7-12-14(19)4-1-5-15(12)20/h1,4-5,9,11H,2-3,6-8,10H2,(H,21,22)/t11-/m0/s1. The first kappa shape index (κ1) is 16.9. The summed E-state index contributed by atoms with van der Waals surface area (Å²) in [6.45, 7) is 1.21. The lowest BCUT2D eigenvalue weighted by Crippen LogP contribution is -2.40. The van der Waals surface area contributed by atoms with Gasteiger partial charge in [0.2, 0.25) is 0 Å². The van der Waals surface area contributed by atoms with Gasteiger partial charge in [-0.05, 0) is 43.7 Å². The van der Waals surface area contributed by atoms with Crippen molar-refractivity contribution >= 4 is 17.5 Å². The van der Waals surface area contributed by atoms with Crippen LogP contribution in [0.1, 0.15) is 35.3 Å². The van der Waals surface area contributed by atoms with Gasteiger partial charge in [0.15, 0.2) is 0 Å². The molecule has 0 saturated carbocycles. The summed E-state index contributed by atoms with van der Waals surface area (Å²) in [7, 11) is 0. The molecule has 0 spiro atoms. The molecule has 128 valence electrons. The number of aromatic amines is 1. The summed E-state index contributed by atoms with van der Waals surface area (Å²) >= 11 is 5.94. The van der Waals surface area contributed by atoms with E-state index < -0.39 is 11.6 Å². The first-order valence-electron chi connectivity index (χ1n) is 7.97. The second-order valence-electron chi connectivity index (χ2n) is 6.09. The molecule has 1 saturated heterocycles. The summed E-state index contributed by atoms with van der Waals surface area (Å²) in [5.74, 6) is -0.992. The molecular weight excluding hydrogens is 336 g/mol. The van der Waals surface area contributed by atoms with E-state index in [4.69, 9.17) is 11.6 Å². The van der Waals surface area contributed by atoms with Crippen LogP contribution in [-0.4, -0.2) is 34.1 Å². The van der Waals surface area contributed by atoms with Crippen molar-refractivity contribution in [2.75, 3.05) is 13.1 Å². The van der Waals surface area contributed by atoms with Crippen LogP contribution in [0.15, 0.2) is 24.4 Å². The summed E-state index contributed by atoms with van der Waals surface area (Å²) in [5, 5.41) is 6.68. The average molecular weight is 354 g/mol. The molecule has 1 aliphatic rings. The second kappa shape index (κ2) is 7.30. The normalized spacial score (nSPS) is 18.0. The quantitative estimate of drug-likeness (QED) is 0.908. The van der Waals surface area contributed by atoms with Crippen molar-refractivity contribution in [3.8, 4) is 0 Å². The summed E-state index contributed by atoms with van der Waals surface area (Å²) in [6.07, 6.45) is 4.17. The monoisotopic (exact) mass is 353 g/mol. The van der Waals surface area contributed by atoms with E-state index in [1.165, 1.54) is 24.4 Å². The zero-order chi connectivity index (χ0) is 17.1. The zero-order valence-corrected chi connectivity index (χ0v) is 13.8. The summed E-state index contributed by atoms with van der Waals surface area (Å²) in [4.78, 5) is 14.2. The summed E-state index contributed by atoms with van der Waals surface area (Å²) in [5.41, 5.74) is 0.412. The van der Waals surface area contributed by atoms with E-state index in [2.05, 4.69) is 10.2 Å². The van der Waals surface area contributed by atoms with Gasteiger partial charge in [0.25, 0.3) is 5.91 Å². The van der Waals surface area contributed by atoms with Crippen molar-refractivity contribution in [3.05, 3.63) is 52.3 Å². The first-order chi connectivity index (χ1) is 11.6. The van der Waals surface area contributed by atoms with Gasteiger partial charge in [-0.2, -0.15) is 5.10 Å². The molecule has 0 radical (unpaired) electrons. The largest absolute Gasteiger partial charge is 0.337 e. The molecule has 24 heavy (non-hydrogen) atoms. The lowest BCUT2D eigenvalue weighted by Gasteiger charge is -2.32. The Bertz CT molecular complexity index is 714. The van der Waals surface area contributed by atoms with E-state index in [1.54, 1.807) is 4.90 Å². The molecule has 1 N–H and O–H groups in total.